The molecule has 7 heteroatoms. The second-order valence-electron chi connectivity index (χ2n) is 3.47. The van der Waals surface area contributed by atoms with E-state index in [9.17, 15) is 15.3 Å². The van der Waals surface area contributed by atoms with Gasteiger partial charge in [0.25, 0.3) is 0 Å². The molecule has 0 spiro atoms. The first-order chi connectivity index (χ1) is 7.07. The fourth-order valence-electron chi connectivity index (χ4n) is 1.38. The Morgan fingerprint density at radius 2 is 1.87 bits per heavy atom. The van der Waals surface area contributed by atoms with Crippen molar-refractivity contribution in [2.45, 2.75) is 29.8 Å². The van der Waals surface area contributed by atoms with Gasteiger partial charge in [-0.25, -0.2) is 0 Å². The average molecular weight is 239 g/mol. The maximum Gasteiger partial charge on any atom is 0.111 e. The molecule has 6 N–H and O–H groups in total. The third-order valence-corrected chi connectivity index (χ3v) is 3.58. The van der Waals surface area contributed by atoms with E-state index >= 15 is 0 Å². The van der Waals surface area contributed by atoms with Crippen molar-refractivity contribution < 1.29 is 25.5 Å². The SMILES string of the molecule is OC[C@H](O)[C@H](O)[C@H](O)[C@@H](O)[C@H]1NCCS1. The highest BCUT2D eigenvalue weighted by molar-refractivity contribution is 8.00. The Labute approximate surface area is 91.9 Å². The Bertz CT molecular complexity index is 190. The van der Waals surface area contributed by atoms with E-state index < -0.39 is 31.0 Å². The van der Waals surface area contributed by atoms with Gasteiger partial charge in [-0.15, -0.1) is 11.8 Å². The highest BCUT2D eigenvalue weighted by Gasteiger charge is 2.35. The van der Waals surface area contributed by atoms with Gasteiger partial charge in [-0.2, -0.15) is 0 Å². The molecule has 1 rings (SSSR count). The highest BCUT2D eigenvalue weighted by atomic mass is 32.2. The number of aliphatic hydroxyl groups excluding tert-OH is 5. The van der Waals surface area contributed by atoms with Crippen LogP contribution in [-0.4, -0.2) is 74.2 Å². The Hall–Kier alpha value is 0.110. The number of aliphatic hydroxyl groups is 5. The number of hydrogen-bond acceptors (Lipinski definition) is 7. The minimum absolute atomic E-state index is 0.347. The van der Waals surface area contributed by atoms with E-state index in [0.717, 1.165) is 12.3 Å². The third-order valence-electron chi connectivity index (χ3n) is 2.34. The molecule has 1 fully saturated rings. The summed E-state index contributed by atoms with van der Waals surface area (Å²) in [7, 11) is 0. The van der Waals surface area contributed by atoms with E-state index in [4.69, 9.17) is 10.2 Å². The molecule has 0 aromatic carbocycles. The first kappa shape index (κ1) is 13.2. The molecule has 1 aliphatic rings. The van der Waals surface area contributed by atoms with Crippen LogP contribution < -0.4 is 5.32 Å². The second kappa shape index (κ2) is 6.00. The Morgan fingerprint density at radius 1 is 1.20 bits per heavy atom. The van der Waals surface area contributed by atoms with Crippen molar-refractivity contribution in [1.82, 2.24) is 5.32 Å². The minimum Gasteiger partial charge on any atom is -0.394 e. The lowest BCUT2D eigenvalue weighted by Crippen LogP contribution is -2.51. The number of rotatable bonds is 5. The van der Waals surface area contributed by atoms with Crippen molar-refractivity contribution in [2.75, 3.05) is 18.9 Å². The fourth-order valence-corrected chi connectivity index (χ4v) is 2.47. The Morgan fingerprint density at radius 3 is 2.33 bits per heavy atom. The molecule has 5 atom stereocenters. The summed E-state index contributed by atoms with van der Waals surface area (Å²) in [6.45, 7) is 0.0773. The molecular formula is C8H17NO5S. The summed E-state index contributed by atoms with van der Waals surface area (Å²) in [4.78, 5) is 0. The topological polar surface area (TPSA) is 113 Å². The first-order valence-electron chi connectivity index (χ1n) is 4.76. The summed E-state index contributed by atoms with van der Waals surface area (Å²) in [6, 6.07) is 0. The van der Waals surface area contributed by atoms with Crippen LogP contribution in [0.3, 0.4) is 0 Å². The van der Waals surface area contributed by atoms with Crippen molar-refractivity contribution in [3.8, 4) is 0 Å². The molecule has 0 aromatic rings. The maximum atomic E-state index is 9.65. The number of thioether (sulfide) groups is 1. The first-order valence-corrected chi connectivity index (χ1v) is 5.81. The van der Waals surface area contributed by atoms with Crippen LogP contribution in [0.25, 0.3) is 0 Å². The zero-order valence-electron chi connectivity index (χ0n) is 8.15. The van der Waals surface area contributed by atoms with Crippen LogP contribution in [0.4, 0.5) is 0 Å². The van der Waals surface area contributed by atoms with Gasteiger partial charge in [0.15, 0.2) is 0 Å². The molecule has 0 saturated carbocycles. The highest BCUT2D eigenvalue weighted by Crippen LogP contribution is 2.20. The summed E-state index contributed by atoms with van der Waals surface area (Å²) < 4.78 is 0. The quantitative estimate of drug-likeness (QED) is 0.305. The minimum atomic E-state index is -1.55. The van der Waals surface area contributed by atoms with Gasteiger partial charge >= 0.3 is 0 Å². The van der Waals surface area contributed by atoms with Crippen LogP contribution in [-0.2, 0) is 0 Å². The molecule has 0 amide bonds. The lowest BCUT2D eigenvalue weighted by molar-refractivity contribution is -0.115. The molecule has 0 radical (unpaired) electrons. The largest absolute Gasteiger partial charge is 0.394 e. The predicted molar refractivity (Wildman–Crippen MR) is 55.4 cm³/mol. The van der Waals surface area contributed by atoms with E-state index in [1.165, 1.54) is 11.8 Å². The molecule has 0 unspecified atom stereocenters. The molecular weight excluding hydrogens is 222 g/mol. The lowest BCUT2D eigenvalue weighted by Gasteiger charge is -2.28. The molecule has 1 saturated heterocycles. The fraction of sp³-hybridized carbons (Fsp3) is 1.00. The third kappa shape index (κ3) is 3.28. The standard InChI is InChI=1S/C8H17NO5S/c10-3-4(11)5(12)6(13)7(14)8-9-1-2-15-8/h4-14H,1-3H2/t4-,5-,6-,7+,8-/m0/s1. The molecule has 90 valence electrons. The van der Waals surface area contributed by atoms with E-state index in [0.29, 0.717) is 0 Å². The molecule has 0 bridgehead atoms. The Balaban J connectivity index is 2.46. The van der Waals surface area contributed by atoms with Crippen LogP contribution >= 0.6 is 11.8 Å². The van der Waals surface area contributed by atoms with Gasteiger partial charge < -0.3 is 30.8 Å². The molecule has 1 heterocycles. The van der Waals surface area contributed by atoms with Gasteiger partial charge in [-0.05, 0) is 0 Å². The maximum absolute atomic E-state index is 9.65. The molecule has 0 aliphatic carbocycles. The van der Waals surface area contributed by atoms with Crippen LogP contribution in [0.15, 0.2) is 0 Å². The predicted octanol–water partition coefficient (Wildman–Crippen LogP) is -2.92. The molecule has 6 nitrogen and oxygen atoms in total. The van der Waals surface area contributed by atoms with E-state index in [2.05, 4.69) is 5.32 Å². The van der Waals surface area contributed by atoms with Crippen molar-refractivity contribution >= 4 is 11.8 Å². The second-order valence-corrected chi connectivity index (χ2v) is 4.72. The van der Waals surface area contributed by atoms with Gasteiger partial charge in [0.1, 0.15) is 24.4 Å². The van der Waals surface area contributed by atoms with Crippen LogP contribution in [0, 0.1) is 0 Å². The van der Waals surface area contributed by atoms with Gasteiger partial charge in [0.2, 0.25) is 0 Å². The summed E-state index contributed by atoms with van der Waals surface area (Å²) >= 11 is 1.44. The van der Waals surface area contributed by atoms with E-state index in [-0.39, 0.29) is 5.37 Å². The molecule has 0 aromatic heterocycles. The van der Waals surface area contributed by atoms with Gasteiger partial charge in [0, 0.05) is 12.3 Å². The molecule has 1 aliphatic heterocycles. The monoisotopic (exact) mass is 239 g/mol. The zero-order valence-corrected chi connectivity index (χ0v) is 8.97. The smallest absolute Gasteiger partial charge is 0.111 e. The van der Waals surface area contributed by atoms with Crippen LogP contribution in [0.5, 0.6) is 0 Å². The van der Waals surface area contributed by atoms with Crippen molar-refractivity contribution in [2.24, 2.45) is 0 Å². The normalized spacial score (nSPS) is 29.8. The number of hydrogen-bond donors (Lipinski definition) is 6. The van der Waals surface area contributed by atoms with Crippen molar-refractivity contribution in [3.63, 3.8) is 0 Å². The average Bonchev–Trinajstić information content (AvgIpc) is 2.78. The summed E-state index contributed by atoms with van der Waals surface area (Å²) in [5, 5.41) is 48.8. The van der Waals surface area contributed by atoms with Crippen molar-refractivity contribution in [1.29, 1.82) is 0 Å². The number of nitrogens with one attached hydrogen (secondary N) is 1. The Kier molecular flexibility index (Phi) is 5.27. The zero-order chi connectivity index (χ0) is 11.4. The van der Waals surface area contributed by atoms with Crippen LogP contribution in [0.1, 0.15) is 0 Å². The lowest BCUT2D eigenvalue weighted by atomic mass is 10.0. The van der Waals surface area contributed by atoms with Gasteiger partial charge in [-0.3, -0.25) is 0 Å². The van der Waals surface area contributed by atoms with E-state index in [1.807, 2.05) is 0 Å². The van der Waals surface area contributed by atoms with E-state index in [1.54, 1.807) is 0 Å². The summed E-state index contributed by atoms with van der Waals surface area (Å²) in [6.07, 6.45) is -5.64. The molecule has 15 heavy (non-hydrogen) atoms. The van der Waals surface area contributed by atoms with Gasteiger partial charge in [0.05, 0.1) is 12.0 Å². The summed E-state index contributed by atoms with van der Waals surface area (Å²) in [5.74, 6) is 0.826. The van der Waals surface area contributed by atoms with Crippen molar-refractivity contribution in [3.05, 3.63) is 0 Å². The van der Waals surface area contributed by atoms with Crippen LogP contribution in [0.2, 0.25) is 0 Å². The summed E-state index contributed by atoms with van der Waals surface area (Å²) in [5.41, 5.74) is 0. The van der Waals surface area contributed by atoms with Gasteiger partial charge in [-0.1, -0.05) is 0 Å².